The minimum Gasteiger partial charge on any atom is -0.381 e. The van der Waals surface area contributed by atoms with E-state index in [1.165, 1.54) is 22.7 Å². The van der Waals surface area contributed by atoms with Crippen LogP contribution in [0.5, 0.6) is 0 Å². The van der Waals surface area contributed by atoms with Crippen molar-refractivity contribution in [3.8, 4) is 0 Å². The zero-order valence-corrected chi connectivity index (χ0v) is 9.98. The second-order valence-electron chi connectivity index (χ2n) is 4.01. The average Bonchev–Trinajstić information content (AvgIpc) is 2.68. The third kappa shape index (κ3) is 3.26. The first-order valence-corrected chi connectivity index (χ1v) is 6.36. The van der Waals surface area contributed by atoms with Crippen LogP contribution in [0.25, 0.3) is 0 Å². The highest BCUT2D eigenvalue weighted by Gasteiger charge is 2.15. The normalized spacial score (nSPS) is 18.2. The van der Waals surface area contributed by atoms with Crippen LogP contribution in [0.15, 0.2) is 6.20 Å². The fraction of sp³-hybridized carbons (Fsp3) is 0.727. The smallest absolute Gasteiger partial charge is 0.0930 e. The molecular formula is C11H18N2OS. The number of aromatic nitrogens is 1. The van der Waals surface area contributed by atoms with Crippen molar-refractivity contribution in [3.63, 3.8) is 0 Å². The van der Waals surface area contributed by atoms with E-state index in [1.807, 2.05) is 24.6 Å². The Morgan fingerprint density at radius 2 is 2.33 bits per heavy atom. The van der Waals surface area contributed by atoms with Crippen molar-refractivity contribution in [1.29, 1.82) is 0 Å². The molecule has 0 atom stereocenters. The summed E-state index contributed by atoms with van der Waals surface area (Å²) in [6, 6.07) is 0. The van der Waals surface area contributed by atoms with Crippen LogP contribution in [0.1, 0.15) is 22.7 Å². The van der Waals surface area contributed by atoms with Crippen molar-refractivity contribution in [2.75, 3.05) is 20.3 Å². The minimum atomic E-state index is 0.785. The summed E-state index contributed by atoms with van der Waals surface area (Å²) in [5.41, 5.74) is 0. The molecule has 0 saturated carbocycles. The summed E-state index contributed by atoms with van der Waals surface area (Å²) < 4.78 is 5.35. The highest BCUT2D eigenvalue weighted by molar-refractivity contribution is 7.11. The summed E-state index contributed by atoms with van der Waals surface area (Å²) in [5.74, 6) is 0.785. The third-order valence-electron chi connectivity index (χ3n) is 2.76. The molecule has 0 aromatic carbocycles. The van der Waals surface area contributed by atoms with Gasteiger partial charge in [-0.1, -0.05) is 0 Å². The summed E-state index contributed by atoms with van der Waals surface area (Å²) >= 11 is 1.84. The summed E-state index contributed by atoms with van der Waals surface area (Å²) in [6.45, 7) is 2.80. The van der Waals surface area contributed by atoms with Crippen molar-refractivity contribution >= 4 is 11.3 Å². The van der Waals surface area contributed by atoms with Crippen LogP contribution in [-0.2, 0) is 17.7 Å². The molecule has 15 heavy (non-hydrogen) atoms. The Hall–Kier alpha value is -0.450. The van der Waals surface area contributed by atoms with E-state index < -0.39 is 0 Å². The molecule has 1 fully saturated rings. The van der Waals surface area contributed by atoms with Crippen LogP contribution in [0.2, 0.25) is 0 Å². The van der Waals surface area contributed by atoms with Crippen LogP contribution in [-0.4, -0.2) is 25.2 Å². The number of rotatable bonds is 4. The van der Waals surface area contributed by atoms with Gasteiger partial charge in [-0.15, -0.1) is 11.3 Å². The molecule has 0 amide bonds. The Morgan fingerprint density at radius 3 is 3.07 bits per heavy atom. The van der Waals surface area contributed by atoms with Crippen molar-refractivity contribution in [3.05, 3.63) is 16.1 Å². The lowest BCUT2D eigenvalue weighted by Crippen LogP contribution is -2.17. The van der Waals surface area contributed by atoms with E-state index in [1.54, 1.807) is 0 Å². The number of ether oxygens (including phenoxy) is 1. The predicted molar refractivity (Wildman–Crippen MR) is 62.1 cm³/mol. The molecule has 1 saturated heterocycles. The van der Waals surface area contributed by atoms with Crippen molar-refractivity contribution in [1.82, 2.24) is 10.3 Å². The highest BCUT2D eigenvalue weighted by Crippen LogP contribution is 2.22. The van der Waals surface area contributed by atoms with Gasteiger partial charge in [-0.25, -0.2) is 4.98 Å². The molecule has 0 bridgehead atoms. The summed E-state index contributed by atoms with van der Waals surface area (Å²) in [6.07, 6.45) is 5.52. The molecule has 2 rings (SSSR count). The first kappa shape index (κ1) is 11.0. The molecule has 0 aliphatic carbocycles. The molecule has 0 radical (unpaired) electrons. The third-order valence-corrected chi connectivity index (χ3v) is 3.78. The first-order valence-electron chi connectivity index (χ1n) is 5.54. The van der Waals surface area contributed by atoms with E-state index in [0.717, 1.165) is 32.1 Å². The highest BCUT2D eigenvalue weighted by atomic mass is 32.1. The Morgan fingerprint density at radius 1 is 1.53 bits per heavy atom. The van der Waals surface area contributed by atoms with E-state index in [9.17, 15) is 0 Å². The molecule has 1 aromatic rings. The zero-order valence-electron chi connectivity index (χ0n) is 9.16. The van der Waals surface area contributed by atoms with Crippen LogP contribution in [0.4, 0.5) is 0 Å². The van der Waals surface area contributed by atoms with Crippen molar-refractivity contribution in [2.24, 2.45) is 5.92 Å². The Labute approximate surface area is 94.9 Å². The molecule has 84 valence electrons. The number of nitrogens with one attached hydrogen (secondary N) is 1. The van der Waals surface area contributed by atoms with E-state index in [-0.39, 0.29) is 0 Å². The van der Waals surface area contributed by atoms with Crippen LogP contribution in [0.3, 0.4) is 0 Å². The van der Waals surface area contributed by atoms with Crippen LogP contribution in [0, 0.1) is 5.92 Å². The maximum atomic E-state index is 5.35. The zero-order chi connectivity index (χ0) is 10.5. The molecule has 0 unspecified atom stereocenters. The molecule has 1 aliphatic heterocycles. The van der Waals surface area contributed by atoms with Gasteiger partial charge in [-0.05, 0) is 25.8 Å². The summed E-state index contributed by atoms with van der Waals surface area (Å²) in [5, 5.41) is 4.44. The summed E-state index contributed by atoms with van der Waals surface area (Å²) in [4.78, 5) is 5.80. The number of thiazole rings is 1. The van der Waals surface area contributed by atoms with E-state index in [2.05, 4.69) is 10.3 Å². The lowest BCUT2D eigenvalue weighted by atomic mass is 9.97. The van der Waals surface area contributed by atoms with Gasteiger partial charge in [-0.2, -0.15) is 0 Å². The quantitative estimate of drug-likeness (QED) is 0.850. The lowest BCUT2D eigenvalue weighted by Gasteiger charge is -2.20. The van der Waals surface area contributed by atoms with Gasteiger partial charge in [0.1, 0.15) is 0 Å². The molecular weight excluding hydrogens is 208 g/mol. The van der Waals surface area contributed by atoms with Gasteiger partial charge in [0.05, 0.1) is 5.01 Å². The Bertz CT molecular complexity index is 295. The molecule has 0 spiro atoms. The van der Waals surface area contributed by atoms with E-state index in [0.29, 0.717) is 0 Å². The van der Waals surface area contributed by atoms with Gasteiger partial charge >= 0.3 is 0 Å². The number of nitrogens with zero attached hydrogens (tertiary/aromatic N) is 1. The second kappa shape index (κ2) is 5.58. The second-order valence-corrected chi connectivity index (χ2v) is 5.21. The largest absolute Gasteiger partial charge is 0.381 e. The predicted octanol–water partition coefficient (Wildman–Crippen LogP) is 1.83. The SMILES string of the molecule is CNCc1cnc(CC2CCOCC2)s1. The van der Waals surface area contributed by atoms with Crippen LogP contribution >= 0.6 is 11.3 Å². The Balaban J connectivity index is 1.86. The number of hydrogen-bond acceptors (Lipinski definition) is 4. The average molecular weight is 226 g/mol. The van der Waals surface area contributed by atoms with Gasteiger partial charge in [-0.3, -0.25) is 0 Å². The van der Waals surface area contributed by atoms with Gasteiger partial charge in [0.15, 0.2) is 0 Å². The summed E-state index contributed by atoms with van der Waals surface area (Å²) in [7, 11) is 1.97. The van der Waals surface area contributed by atoms with Gasteiger partial charge in [0, 0.05) is 37.3 Å². The standard InChI is InChI=1S/C11H18N2OS/c1-12-7-10-8-13-11(15-10)6-9-2-4-14-5-3-9/h8-9,12H,2-7H2,1H3. The fourth-order valence-electron chi connectivity index (χ4n) is 1.90. The fourth-order valence-corrected chi connectivity index (χ4v) is 2.94. The van der Waals surface area contributed by atoms with E-state index in [4.69, 9.17) is 4.74 Å². The minimum absolute atomic E-state index is 0.785. The van der Waals surface area contributed by atoms with Crippen molar-refractivity contribution in [2.45, 2.75) is 25.8 Å². The van der Waals surface area contributed by atoms with Gasteiger partial charge in [0.25, 0.3) is 0 Å². The first-order chi connectivity index (χ1) is 7.38. The van der Waals surface area contributed by atoms with Crippen LogP contribution < -0.4 is 5.32 Å². The topological polar surface area (TPSA) is 34.2 Å². The maximum absolute atomic E-state index is 5.35. The number of hydrogen-bond donors (Lipinski definition) is 1. The van der Waals surface area contributed by atoms with Gasteiger partial charge in [0.2, 0.25) is 0 Å². The molecule has 1 aromatic heterocycles. The lowest BCUT2D eigenvalue weighted by molar-refractivity contribution is 0.0665. The molecule has 4 heteroatoms. The molecule has 3 nitrogen and oxygen atoms in total. The monoisotopic (exact) mass is 226 g/mol. The van der Waals surface area contributed by atoms with E-state index >= 15 is 0 Å². The van der Waals surface area contributed by atoms with Gasteiger partial charge < -0.3 is 10.1 Å². The molecule has 1 N–H and O–H groups in total. The molecule has 2 heterocycles. The maximum Gasteiger partial charge on any atom is 0.0930 e. The Kier molecular flexibility index (Phi) is 4.11. The van der Waals surface area contributed by atoms with Crippen molar-refractivity contribution < 1.29 is 4.74 Å². The molecule has 1 aliphatic rings.